The van der Waals surface area contributed by atoms with Crippen LogP contribution in [0.5, 0.6) is 0 Å². The zero-order chi connectivity index (χ0) is 13.4. The van der Waals surface area contributed by atoms with E-state index in [1.54, 1.807) is 0 Å². The minimum atomic E-state index is 0.639. The standard InChI is InChI=1S/C17H19N3/c1-2-4-13(5-3-1)17-18-10-15(11-19-17)20-16-9-12-6-7-14(16)8-12/h1-5,10-12,14,16,20H,6-9H2. The summed E-state index contributed by atoms with van der Waals surface area (Å²) < 4.78 is 0. The van der Waals surface area contributed by atoms with Gasteiger partial charge in [-0.25, -0.2) is 9.97 Å². The highest BCUT2D eigenvalue weighted by atomic mass is 15.0. The molecule has 20 heavy (non-hydrogen) atoms. The van der Waals surface area contributed by atoms with Crippen LogP contribution in [0, 0.1) is 11.8 Å². The molecule has 102 valence electrons. The predicted molar refractivity (Wildman–Crippen MR) is 80.3 cm³/mol. The van der Waals surface area contributed by atoms with Crippen LogP contribution >= 0.6 is 0 Å². The zero-order valence-electron chi connectivity index (χ0n) is 11.5. The lowest BCUT2D eigenvalue weighted by Crippen LogP contribution is -2.25. The first kappa shape index (κ1) is 11.9. The molecule has 1 aromatic carbocycles. The lowest BCUT2D eigenvalue weighted by Gasteiger charge is -2.23. The Morgan fingerprint density at radius 1 is 0.950 bits per heavy atom. The van der Waals surface area contributed by atoms with Crippen molar-refractivity contribution in [1.82, 2.24) is 9.97 Å². The second-order valence-corrected chi connectivity index (χ2v) is 6.09. The van der Waals surface area contributed by atoms with E-state index in [4.69, 9.17) is 0 Å². The Balaban J connectivity index is 1.48. The predicted octanol–water partition coefficient (Wildman–Crippen LogP) is 3.74. The number of nitrogens with one attached hydrogen (secondary N) is 1. The van der Waals surface area contributed by atoms with Gasteiger partial charge in [-0.15, -0.1) is 0 Å². The molecule has 0 saturated heterocycles. The van der Waals surface area contributed by atoms with Crippen molar-refractivity contribution in [2.75, 3.05) is 5.32 Å². The Kier molecular flexibility index (Phi) is 2.91. The van der Waals surface area contributed by atoms with Crippen LogP contribution in [0.3, 0.4) is 0 Å². The summed E-state index contributed by atoms with van der Waals surface area (Å²) in [7, 11) is 0. The number of fused-ring (bicyclic) bond motifs is 2. The molecule has 0 radical (unpaired) electrons. The highest BCUT2D eigenvalue weighted by molar-refractivity contribution is 5.55. The molecule has 2 aliphatic rings. The number of nitrogens with zero attached hydrogens (tertiary/aromatic N) is 2. The summed E-state index contributed by atoms with van der Waals surface area (Å²) in [5, 5.41) is 3.63. The molecule has 2 saturated carbocycles. The molecule has 3 unspecified atom stereocenters. The lowest BCUT2D eigenvalue weighted by atomic mass is 9.95. The fourth-order valence-corrected chi connectivity index (χ4v) is 3.77. The normalized spacial score (nSPS) is 27.7. The molecule has 2 bridgehead atoms. The smallest absolute Gasteiger partial charge is 0.159 e. The maximum Gasteiger partial charge on any atom is 0.159 e. The van der Waals surface area contributed by atoms with Gasteiger partial charge in [0.25, 0.3) is 0 Å². The van der Waals surface area contributed by atoms with Crippen LogP contribution in [0.1, 0.15) is 25.7 Å². The summed E-state index contributed by atoms with van der Waals surface area (Å²) in [6.45, 7) is 0. The van der Waals surface area contributed by atoms with E-state index < -0.39 is 0 Å². The van der Waals surface area contributed by atoms with Crippen molar-refractivity contribution >= 4 is 5.69 Å². The van der Waals surface area contributed by atoms with Crippen LogP contribution in [0.15, 0.2) is 42.7 Å². The highest BCUT2D eigenvalue weighted by Crippen LogP contribution is 2.45. The van der Waals surface area contributed by atoms with E-state index in [0.717, 1.165) is 28.9 Å². The topological polar surface area (TPSA) is 37.8 Å². The third-order valence-electron chi connectivity index (χ3n) is 4.77. The number of benzene rings is 1. The number of aromatic nitrogens is 2. The quantitative estimate of drug-likeness (QED) is 0.918. The number of rotatable bonds is 3. The minimum Gasteiger partial charge on any atom is -0.380 e. The van der Waals surface area contributed by atoms with Crippen LogP contribution in [-0.2, 0) is 0 Å². The first-order chi connectivity index (χ1) is 9.88. The van der Waals surface area contributed by atoms with Crippen LogP contribution in [0.25, 0.3) is 11.4 Å². The molecule has 1 heterocycles. The molecular weight excluding hydrogens is 246 g/mol. The van der Waals surface area contributed by atoms with Crippen molar-refractivity contribution < 1.29 is 0 Å². The van der Waals surface area contributed by atoms with Crippen LogP contribution in [-0.4, -0.2) is 16.0 Å². The Morgan fingerprint density at radius 3 is 2.40 bits per heavy atom. The molecule has 3 nitrogen and oxygen atoms in total. The van der Waals surface area contributed by atoms with E-state index in [1.165, 1.54) is 25.7 Å². The van der Waals surface area contributed by atoms with Gasteiger partial charge >= 0.3 is 0 Å². The van der Waals surface area contributed by atoms with E-state index in [9.17, 15) is 0 Å². The fourth-order valence-electron chi connectivity index (χ4n) is 3.77. The van der Waals surface area contributed by atoms with Gasteiger partial charge in [-0.2, -0.15) is 0 Å². The summed E-state index contributed by atoms with van der Waals surface area (Å²) in [6, 6.07) is 10.8. The number of hydrogen-bond acceptors (Lipinski definition) is 3. The van der Waals surface area contributed by atoms with E-state index in [1.807, 2.05) is 42.7 Å². The number of hydrogen-bond donors (Lipinski definition) is 1. The van der Waals surface area contributed by atoms with Gasteiger partial charge in [0.15, 0.2) is 5.82 Å². The molecule has 2 fully saturated rings. The Hall–Kier alpha value is -1.90. The fraction of sp³-hybridized carbons (Fsp3) is 0.412. The second kappa shape index (κ2) is 4.89. The van der Waals surface area contributed by atoms with Gasteiger partial charge in [0.2, 0.25) is 0 Å². The van der Waals surface area contributed by atoms with Gasteiger partial charge in [0, 0.05) is 11.6 Å². The molecule has 2 aliphatic carbocycles. The highest BCUT2D eigenvalue weighted by Gasteiger charge is 2.39. The molecule has 2 aromatic rings. The summed E-state index contributed by atoms with van der Waals surface area (Å²) in [6.07, 6.45) is 9.41. The van der Waals surface area contributed by atoms with E-state index >= 15 is 0 Å². The average molecular weight is 265 g/mol. The van der Waals surface area contributed by atoms with Gasteiger partial charge in [-0.05, 0) is 31.1 Å². The summed E-state index contributed by atoms with van der Waals surface area (Å²) in [5.74, 6) is 2.62. The van der Waals surface area contributed by atoms with Crippen LogP contribution in [0.4, 0.5) is 5.69 Å². The SMILES string of the molecule is c1ccc(-c2ncc(NC3CC4CCC3C4)cn2)cc1. The maximum atomic E-state index is 4.48. The molecule has 1 N–H and O–H groups in total. The first-order valence-electron chi connectivity index (χ1n) is 7.52. The second-order valence-electron chi connectivity index (χ2n) is 6.09. The third kappa shape index (κ3) is 2.17. The third-order valence-corrected chi connectivity index (χ3v) is 4.77. The lowest BCUT2D eigenvalue weighted by molar-refractivity contribution is 0.439. The van der Waals surface area contributed by atoms with E-state index in [-0.39, 0.29) is 0 Å². The molecule has 4 rings (SSSR count). The first-order valence-corrected chi connectivity index (χ1v) is 7.52. The van der Waals surface area contributed by atoms with Gasteiger partial charge in [0.1, 0.15) is 0 Å². The van der Waals surface area contributed by atoms with Gasteiger partial charge in [0.05, 0.1) is 18.1 Å². The molecular formula is C17H19N3. The maximum absolute atomic E-state index is 4.48. The Labute approximate surface area is 119 Å². The zero-order valence-corrected chi connectivity index (χ0v) is 11.5. The van der Waals surface area contributed by atoms with Crippen molar-refractivity contribution in [2.45, 2.75) is 31.7 Å². The monoisotopic (exact) mass is 265 g/mol. The van der Waals surface area contributed by atoms with Gasteiger partial charge in [-0.3, -0.25) is 0 Å². The van der Waals surface area contributed by atoms with Crippen molar-refractivity contribution in [2.24, 2.45) is 11.8 Å². The summed E-state index contributed by atoms with van der Waals surface area (Å²) >= 11 is 0. The van der Waals surface area contributed by atoms with Gasteiger partial charge < -0.3 is 5.32 Å². The number of anilines is 1. The molecule has 0 spiro atoms. The van der Waals surface area contributed by atoms with Crippen molar-refractivity contribution in [3.63, 3.8) is 0 Å². The van der Waals surface area contributed by atoms with Crippen molar-refractivity contribution in [3.05, 3.63) is 42.7 Å². The van der Waals surface area contributed by atoms with Crippen molar-refractivity contribution in [3.8, 4) is 11.4 Å². The largest absolute Gasteiger partial charge is 0.380 e. The molecule has 3 heteroatoms. The average Bonchev–Trinajstić information content (AvgIpc) is 3.12. The van der Waals surface area contributed by atoms with Crippen molar-refractivity contribution in [1.29, 1.82) is 0 Å². The minimum absolute atomic E-state index is 0.639. The summed E-state index contributed by atoms with van der Waals surface area (Å²) in [4.78, 5) is 8.96. The Morgan fingerprint density at radius 2 is 1.75 bits per heavy atom. The van der Waals surface area contributed by atoms with Crippen LogP contribution in [0.2, 0.25) is 0 Å². The molecule has 1 aromatic heterocycles. The Bertz CT molecular complexity index is 579. The van der Waals surface area contributed by atoms with E-state index in [0.29, 0.717) is 6.04 Å². The van der Waals surface area contributed by atoms with Crippen LogP contribution < -0.4 is 5.32 Å². The molecule has 3 atom stereocenters. The molecule has 0 aliphatic heterocycles. The summed E-state index contributed by atoms with van der Waals surface area (Å²) in [5.41, 5.74) is 2.13. The van der Waals surface area contributed by atoms with E-state index in [2.05, 4.69) is 15.3 Å². The molecule has 0 amide bonds. The van der Waals surface area contributed by atoms with Gasteiger partial charge in [-0.1, -0.05) is 36.8 Å².